The minimum atomic E-state index is -0.873. The van der Waals surface area contributed by atoms with Crippen molar-refractivity contribution in [3.63, 3.8) is 0 Å². The lowest BCUT2D eigenvalue weighted by molar-refractivity contribution is -0.159. The van der Waals surface area contributed by atoms with Gasteiger partial charge in [-0.25, -0.2) is 0 Å². The van der Waals surface area contributed by atoms with Crippen molar-refractivity contribution in [1.29, 1.82) is 0 Å². The van der Waals surface area contributed by atoms with Crippen LogP contribution in [0.2, 0.25) is 0 Å². The summed E-state index contributed by atoms with van der Waals surface area (Å²) in [6.07, 6.45) is 2.07. The molecule has 0 unspecified atom stereocenters. The first-order valence-corrected chi connectivity index (χ1v) is 9.31. The van der Waals surface area contributed by atoms with Crippen molar-refractivity contribution in [2.45, 2.75) is 32.6 Å². The monoisotopic (exact) mass is 374 g/mol. The Bertz CT molecular complexity index is 749. The van der Waals surface area contributed by atoms with Gasteiger partial charge in [-0.1, -0.05) is 12.5 Å². The van der Waals surface area contributed by atoms with Gasteiger partial charge in [-0.15, -0.1) is 0 Å². The molecule has 146 valence electrons. The van der Waals surface area contributed by atoms with Crippen molar-refractivity contribution in [3.05, 3.63) is 29.3 Å². The number of rotatable bonds is 5. The summed E-state index contributed by atoms with van der Waals surface area (Å²) < 4.78 is 5.28. The van der Waals surface area contributed by atoms with E-state index < -0.39 is 11.4 Å². The summed E-state index contributed by atoms with van der Waals surface area (Å²) in [6, 6.07) is 5.38. The van der Waals surface area contributed by atoms with Crippen LogP contribution in [0.5, 0.6) is 5.75 Å². The van der Waals surface area contributed by atoms with Crippen LogP contribution in [-0.2, 0) is 9.59 Å². The van der Waals surface area contributed by atoms with Crippen LogP contribution in [-0.4, -0.2) is 66.0 Å². The molecule has 2 amide bonds. The van der Waals surface area contributed by atoms with E-state index in [1.165, 1.54) is 0 Å². The third kappa shape index (κ3) is 3.77. The van der Waals surface area contributed by atoms with E-state index in [4.69, 9.17) is 4.74 Å². The van der Waals surface area contributed by atoms with Gasteiger partial charge in [0, 0.05) is 38.2 Å². The quantitative estimate of drug-likeness (QED) is 0.851. The lowest BCUT2D eigenvalue weighted by Gasteiger charge is -2.40. The van der Waals surface area contributed by atoms with Crippen LogP contribution in [0.3, 0.4) is 0 Å². The minimum Gasteiger partial charge on any atom is -0.496 e. The number of aliphatic carboxylic acids is 1. The topological polar surface area (TPSA) is 87.2 Å². The van der Waals surface area contributed by atoms with Crippen molar-refractivity contribution in [3.8, 4) is 5.75 Å². The molecule has 1 aromatic rings. The van der Waals surface area contributed by atoms with E-state index in [0.717, 1.165) is 12.0 Å². The maximum atomic E-state index is 12.7. The molecule has 1 aromatic carbocycles. The predicted octanol–water partition coefficient (Wildman–Crippen LogP) is 1.93. The highest BCUT2D eigenvalue weighted by molar-refractivity contribution is 5.95. The van der Waals surface area contributed by atoms with Crippen LogP contribution >= 0.6 is 0 Å². The fourth-order valence-corrected chi connectivity index (χ4v) is 3.77. The zero-order chi connectivity index (χ0) is 19.6. The first-order valence-electron chi connectivity index (χ1n) is 9.31. The molecule has 1 aliphatic heterocycles. The number of hydrogen-bond donors (Lipinski definition) is 1. The second kappa shape index (κ2) is 7.58. The molecule has 7 heteroatoms. The summed E-state index contributed by atoms with van der Waals surface area (Å²) >= 11 is 0. The van der Waals surface area contributed by atoms with Gasteiger partial charge >= 0.3 is 5.97 Å². The van der Waals surface area contributed by atoms with Gasteiger partial charge in [-0.3, -0.25) is 14.4 Å². The maximum absolute atomic E-state index is 12.7. The standard InChI is InChI=1S/C20H26N2O5/c1-14-4-5-15(12-16(14)27-2)18(24)22-10-8-21(9-11-22)17(23)13-20(19(25)26)6-3-7-20/h4-5,12H,3,6-11,13H2,1-2H3,(H,25,26). The largest absolute Gasteiger partial charge is 0.496 e. The van der Waals surface area contributed by atoms with Gasteiger partial charge in [0.25, 0.3) is 5.91 Å². The second-order valence-corrected chi connectivity index (χ2v) is 7.47. The molecule has 1 saturated carbocycles. The molecule has 0 aromatic heterocycles. The van der Waals surface area contributed by atoms with Crippen LogP contribution in [0.25, 0.3) is 0 Å². The zero-order valence-corrected chi connectivity index (χ0v) is 15.9. The Morgan fingerprint density at radius 1 is 1.11 bits per heavy atom. The Kier molecular flexibility index (Phi) is 5.39. The molecule has 7 nitrogen and oxygen atoms in total. The zero-order valence-electron chi connectivity index (χ0n) is 15.9. The van der Waals surface area contributed by atoms with Crippen molar-refractivity contribution in [2.24, 2.45) is 5.41 Å². The number of nitrogens with zero attached hydrogens (tertiary/aromatic N) is 2. The number of benzene rings is 1. The van der Waals surface area contributed by atoms with Crippen LogP contribution in [0.4, 0.5) is 0 Å². The first-order chi connectivity index (χ1) is 12.9. The number of carbonyl (C=O) groups is 3. The molecule has 2 aliphatic rings. The van der Waals surface area contributed by atoms with Gasteiger partial charge in [-0.05, 0) is 37.5 Å². The minimum absolute atomic E-state index is 0.0610. The van der Waals surface area contributed by atoms with Gasteiger partial charge in [0.15, 0.2) is 0 Å². The lowest BCUT2D eigenvalue weighted by Crippen LogP contribution is -2.52. The number of amides is 2. The Labute approximate surface area is 158 Å². The molecule has 3 rings (SSSR count). The van der Waals surface area contributed by atoms with E-state index in [0.29, 0.717) is 50.3 Å². The summed E-state index contributed by atoms with van der Waals surface area (Å²) in [5.41, 5.74) is 0.659. The number of ether oxygens (including phenoxy) is 1. The Morgan fingerprint density at radius 3 is 2.26 bits per heavy atom. The highest BCUT2D eigenvalue weighted by Gasteiger charge is 2.46. The number of hydrogen-bond acceptors (Lipinski definition) is 4. The number of aryl methyl sites for hydroxylation is 1. The van der Waals surface area contributed by atoms with Gasteiger partial charge < -0.3 is 19.6 Å². The summed E-state index contributed by atoms with van der Waals surface area (Å²) in [4.78, 5) is 40.1. The van der Waals surface area contributed by atoms with Crippen molar-refractivity contribution in [2.75, 3.05) is 33.3 Å². The molecule has 0 radical (unpaired) electrons. The molecule has 27 heavy (non-hydrogen) atoms. The van der Waals surface area contributed by atoms with Crippen LogP contribution in [0, 0.1) is 12.3 Å². The molecular formula is C20H26N2O5. The highest BCUT2D eigenvalue weighted by Crippen LogP contribution is 2.44. The third-order valence-electron chi connectivity index (χ3n) is 5.83. The molecular weight excluding hydrogens is 348 g/mol. The van der Waals surface area contributed by atoms with Crippen LogP contribution in [0.1, 0.15) is 41.6 Å². The molecule has 0 spiro atoms. The molecule has 1 N–H and O–H groups in total. The Morgan fingerprint density at radius 2 is 1.74 bits per heavy atom. The van der Waals surface area contributed by atoms with Gasteiger partial charge in [0.1, 0.15) is 5.75 Å². The second-order valence-electron chi connectivity index (χ2n) is 7.47. The molecule has 1 heterocycles. The molecule has 0 atom stereocenters. The highest BCUT2D eigenvalue weighted by atomic mass is 16.5. The van der Waals surface area contributed by atoms with Gasteiger partial charge in [0.2, 0.25) is 5.91 Å². The fourth-order valence-electron chi connectivity index (χ4n) is 3.77. The average molecular weight is 374 g/mol. The van der Waals surface area contributed by atoms with Gasteiger partial charge in [0.05, 0.1) is 12.5 Å². The summed E-state index contributed by atoms with van der Waals surface area (Å²) in [5.74, 6) is -0.402. The Hall–Kier alpha value is -2.57. The number of carbonyl (C=O) groups excluding carboxylic acids is 2. The molecule has 1 aliphatic carbocycles. The number of carboxylic acid groups (broad SMARTS) is 1. The summed E-state index contributed by atoms with van der Waals surface area (Å²) in [5, 5.41) is 9.40. The van der Waals surface area contributed by atoms with Crippen LogP contribution in [0.15, 0.2) is 18.2 Å². The van der Waals surface area contributed by atoms with Crippen molar-refractivity contribution >= 4 is 17.8 Å². The fraction of sp³-hybridized carbons (Fsp3) is 0.550. The van der Waals surface area contributed by atoms with Crippen molar-refractivity contribution in [1.82, 2.24) is 9.80 Å². The molecule has 2 fully saturated rings. The molecule has 1 saturated heterocycles. The predicted molar refractivity (Wildman–Crippen MR) is 98.8 cm³/mol. The summed E-state index contributed by atoms with van der Waals surface area (Å²) in [7, 11) is 1.58. The van der Waals surface area contributed by atoms with E-state index in [1.807, 2.05) is 13.0 Å². The van der Waals surface area contributed by atoms with E-state index in [-0.39, 0.29) is 18.2 Å². The average Bonchev–Trinajstić information content (AvgIpc) is 2.64. The van der Waals surface area contributed by atoms with Crippen molar-refractivity contribution < 1.29 is 24.2 Å². The number of piperazine rings is 1. The van der Waals surface area contributed by atoms with Gasteiger partial charge in [-0.2, -0.15) is 0 Å². The smallest absolute Gasteiger partial charge is 0.310 e. The normalized spacial score (nSPS) is 18.6. The maximum Gasteiger partial charge on any atom is 0.310 e. The SMILES string of the molecule is COc1cc(C(=O)N2CCN(C(=O)CC3(C(=O)O)CCC3)CC2)ccc1C. The van der Waals surface area contributed by atoms with E-state index in [9.17, 15) is 19.5 Å². The third-order valence-corrected chi connectivity index (χ3v) is 5.83. The number of methoxy groups -OCH3 is 1. The lowest BCUT2D eigenvalue weighted by atomic mass is 9.66. The van der Waals surface area contributed by atoms with Crippen LogP contribution < -0.4 is 4.74 Å². The van der Waals surface area contributed by atoms with E-state index in [1.54, 1.807) is 29.0 Å². The number of carboxylic acids is 1. The first kappa shape index (κ1) is 19.2. The molecule has 0 bridgehead atoms. The Balaban J connectivity index is 1.57. The van der Waals surface area contributed by atoms with E-state index in [2.05, 4.69) is 0 Å². The van der Waals surface area contributed by atoms with E-state index >= 15 is 0 Å². The summed E-state index contributed by atoms with van der Waals surface area (Å²) in [6.45, 7) is 3.68.